The molecule has 14 heteroatoms. The highest BCUT2D eigenvalue weighted by molar-refractivity contribution is 6.00. The summed E-state index contributed by atoms with van der Waals surface area (Å²) in [6.45, 7) is 12.2. The fraction of sp³-hybridized carbons (Fsp3) is 0.622. The lowest BCUT2D eigenvalue weighted by Gasteiger charge is -2.54. The Morgan fingerprint density at radius 1 is 0.980 bits per heavy atom. The largest absolute Gasteiger partial charge is 0.461 e. The van der Waals surface area contributed by atoms with E-state index in [2.05, 4.69) is 6.58 Å². The van der Waals surface area contributed by atoms with Gasteiger partial charge in [-0.05, 0) is 62.5 Å². The number of Topliss-reactive ketones (excluding diaryl/α,β-unsaturated/α-hetero) is 1. The Balaban J connectivity index is 1.72. The third-order valence-electron chi connectivity index (χ3n) is 11.3. The van der Waals surface area contributed by atoms with Crippen LogP contribution in [0.5, 0.6) is 0 Å². The van der Waals surface area contributed by atoms with Gasteiger partial charge in [-0.1, -0.05) is 31.7 Å². The van der Waals surface area contributed by atoms with Gasteiger partial charge in [-0.15, -0.1) is 0 Å². The minimum atomic E-state index is -1.84. The van der Waals surface area contributed by atoms with Crippen LogP contribution >= 0.6 is 0 Å². The molecule has 1 aromatic rings. The molecule has 1 aromatic carbocycles. The molecule has 1 saturated heterocycles. The van der Waals surface area contributed by atoms with Gasteiger partial charge in [0.2, 0.25) is 0 Å². The van der Waals surface area contributed by atoms with Crippen LogP contribution < -0.4 is 0 Å². The van der Waals surface area contributed by atoms with Gasteiger partial charge in [-0.3, -0.25) is 14.4 Å². The van der Waals surface area contributed by atoms with Gasteiger partial charge in [0.25, 0.3) is 0 Å². The Morgan fingerprint density at radius 3 is 2.16 bits per heavy atom. The van der Waals surface area contributed by atoms with Gasteiger partial charge in [0.05, 0.1) is 29.3 Å². The van der Waals surface area contributed by atoms with E-state index >= 15 is 0 Å². The van der Waals surface area contributed by atoms with Crippen molar-refractivity contribution in [1.82, 2.24) is 0 Å². The SMILES string of the molecule is C=C1[C@@H](O[C@@H]2O[C@H](CO)[C@@H](O)[C@H](O)[C@H]2O)CC[C@@]2(C)[C@H](OC(C)=O)[C@H](OC(=O)c3ccccc3)C3=C(C)C(=O)C[C@@]3(C(C)(C)O)[C@@H](OC(C)=O)[C@H]12. The molecule has 3 aliphatic carbocycles. The van der Waals surface area contributed by atoms with E-state index in [4.69, 9.17) is 23.7 Å². The Kier molecular flexibility index (Phi) is 10.7. The third-order valence-corrected chi connectivity index (χ3v) is 11.3. The maximum Gasteiger partial charge on any atom is 0.338 e. The molecule has 0 amide bonds. The molecule has 0 unspecified atom stereocenters. The number of ether oxygens (including phenoxy) is 5. The molecule has 3 fully saturated rings. The first-order valence-electron chi connectivity index (χ1n) is 17.0. The number of benzene rings is 1. The van der Waals surface area contributed by atoms with Crippen molar-refractivity contribution < 1.29 is 68.4 Å². The smallest absolute Gasteiger partial charge is 0.338 e. The lowest BCUT2D eigenvalue weighted by molar-refractivity contribution is -0.311. The highest BCUT2D eigenvalue weighted by Crippen LogP contribution is 2.65. The number of hydrogen-bond donors (Lipinski definition) is 5. The molecule has 1 heterocycles. The number of rotatable bonds is 8. The summed E-state index contributed by atoms with van der Waals surface area (Å²) in [6, 6.07) is 8.09. The molecular weight excluding hydrogens is 668 g/mol. The summed E-state index contributed by atoms with van der Waals surface area (Å²) in [5, 5.41) is 53.5. The van der Waals surface area contributed by atoms with Crippen LogP contribution in [0.4, 0.5) is 0 Å². The van der Waals surface area contributed by atoms with Crippen LogP contribution in [-0.4, -0.2) is 117 Å². The van der Waals surface area contributed by atoms with Crippen molar-refractivity contribution in [3.63, 3.8) is 0 Å². The van der Waals surface area contributed by atoms with Crippen LogP contribution in [0.2, 0.25) is 0 Å². The van der Waals surface area contributed by atoms with E-state index in [0.717, 1.165) is 0 Å². The Labute approximate surface area is 296 Å². The number of esters is 3. The second-order valence-corrected chi connectivity index (χ2v) is 14.8. The molecule has 0 bridgehead atoms. The van der Waals surface area contributed by atoms with Gasteiger partial charge in [-0.25, -0.2) is 4.79 Å². The summed E-state index contributed by atoms with van der Waals surface area (Å²) in [6.07, 6.45) is -13.1. The monoisotopic (exact) mass is 716 g/mol. The topological polar surface area (TPSA) is 216 Å². The average Bonchev–Trinajstić information content (AvgIpc) is 3.30. The van der Waals surface area contributed by atoms with E-state index in [1.165, 1.54) is 34.6 Å². The van der Waals surface area contributed by atoms with Crippen LogP contribution in [0, 0.1) is 16.7 Å². The molecule has 2 saturated carbocycles. The van der Waals surface area contributed by atoms with Gasteiger partial charge < -0.3 is 49.2 Å². The van der Waals surface area contributed by atoms with Crippen molar-refractivity contribution >= 4 is 23.7 Å². The first-order valence-corrected chi connectivity index (χ1v) is 17.0. The van der Waals surface area contributed by atoms with Crippen molar-refractivity contribution in [2.45, 2.75) is 122 Å². The van der Waals surface area contributed by atoms with Gasteiger partial charge in [0.15, 0.2) is 18.2 Å². The highest BCUT2D eigenvalue weighted by Gasteiger charge is 2.72. The van der Waals surface area contributed by atoms with Crippen LogP contribution in [0.15, 0.2) is 53.6 Å². The van der Waals surface area contributed by atoms with Crippen molar-refractivity contribution in [2.24, 2.45) is 16.7 Å². The lowest BCUT2D eigenvalue weighted by Crippen LogP contribution is -2.61. The minimum Gasteiger partial charge on any atom is -0.461 e. The number of carbonyl (C=O) groups excluding carboxylic acids is 4. The summed E-state index contributed by atoms with van der Waals surface area (Å²) in [4.78, 5) is 53.7. The molecule has 0 spiro atoms. The molecule has 12 atom stereocenters. The van der Waals surface area contributed by atoms with E-state index in [1.54, 1.807) is 37.3 Å². The number of allylic oxidation sites excluding steroid dienone is 1. The van der Waals surface area contributed by atoms with Crippen molar-refractivity contribution in [3.8, 4) is 0 Å². The van der Waals surface area contributed by atoms with Crippen LogP contribution in [0.1, 0.15) is 71.2 Å². The van der Waals surface area contributed by atoms with Crippen LogP contribution in [0.25, 0.3) is 0 Å². The zero-order valence-electron chi connectivity index (χ0n) is 29.6. The number of aliphatic hydroxyl groups excluding tert-OH is 4. The second-order valence-electron chi connectivity index (χ2n) is 14.8. The third kappa shape index (κ3) is 6.56. The zero-order chi connectivity index (χ0) is 37.8. The Bertz CT molecular complexity index is 1580. The van der Waals surface area contributed by atoms with Gasteiger partial charge in [0, 0.05) is 31.6 Å². The molecular formula is C37H48O14. The summed E-state index contributed by atoms with van der Waals surface area (Å²) in [5.41, 5.74) is -4.13. The fourth-order valence-electron chi connectivity index (χ4n) is 8.73. The van der Waals surface area contributed by atoms with Crippen LogP contribution in [0.3, 0.4) is 0 Å². The lowest BCUT2D eigenvalue weighted by atomic mass is 9.55. The van der Waals surface area contributed by atoms with Gasteiger partial charge in [-0.2, -0.15) is 0 Å². The normalized spacial score (nSPS) is 38.3. The Hall–Kier alpha value is -3.50. The molecule has 0 radical (unpaired) electrons. The Morgan fingerprint density at radius 2 is 1.59 bits per heavy atom. The molecule has 280 valence electrons. The standard InChI is InChI=1S/C37H48O14/c1-17-22(41)15-37(35(5,6)46)25(17)30(51-33(45)21-11-9-8-10-12-21)32(48-20(4)40)36(7)14-13-23(18(2)26(36)31(37)47-19(3)39)49-34-29(44)28(43)27(42)24(16-38)50-34/h8-12,23-24,26-32,34,38,42-44,46H,2,13-16H2,1,3-7H3/t23-,24+,26-,27+,28-,29+,30+,31-,32+,34+,36+,37-/m0/s1. The number of aliphatic hydroxyl groups is 5. The molecule has 5 rings (SSSR count). The summed E-state index contributed by atoms with van der Waals surface area (Å²) < 4.78 is 30.3. The predicted octanol–water partition coefficient (Wildman–Crippen LogP) is 1.29. The van der Waals surface area contributed by atoms with Crippen molar-refractivity contribution in [2.75, 3.05) is 6.61 Å². The maximum absolute atomic E-state index is 13.9. The molecule has 51 heavy (non-hydrogen) atoms. The molecule has 0 aromatic heterocycles. The maximum atomic E-state index is 13.9. The second kappa shape index (κ2) is 14.1. The molecule has 4 aliphatic rings. The van der Waals surface area contributed by atoms with Crippen molar-refractivity contribution in [3.05, 3.63) is 59.2 Å². The van der Waals surface area contributed by atoms with Gasteiger partial charge >= 0.3 is 17.9 Å². The van der Waals surface area contributed by atoms with Gasteiger partial charge in [0.1, 0.15) is 36.6 Å². The highest BCUT2D eigenvalue weighted by atomic mass is 16.7. The van der Waals surface area contributed by atoms with E-state index < -0.39 is 108 Å². The van der Waals surface area contributed by atoms with E-state index in [0.29, 0.717) is 0 Å². The fourth-order valence-corrected chi connectivity index (χ4v) is 8.73. The number of hydrogen-bond acceptors (Lipinski definition) is 14. The molecule has 14 nitrogen and oxygen atoms in total. The minimum absolute atomic E-state index is 0.135. The number of fused-ring (bicyclic) bond motifs is 2. The average molecular weight is 717 g/mol. The molecule has 1 aliphatic heterocycles. The predicted molar refractivity (Wildman–Crippen MR) is 176 cm³/mol. The summed E-state index contributed by atoms with van der Waals surface area (Å²) in [5.74, 6) is -3.74. The van der Waals surface area contributed by atoms with E-state index in [1.807, 2.05) is 0 Å². The zero-order valence-corrected chi connectivity index (χ0v) is 29.6. The number of ketones is 1. The summed E-state index contributed by atoms with van der Waals surface area (Å²) >= 11 is 0. The van der Waals surface area contributed by atoms with E-state index in [-0.39, 0.29) is 41.5 Å². The quantitative estimate of drug-likeness (QED) is 0.146. The molecule has 5 N–H and O–H groups in total. The first-order chi connectivity index (χ1) is 23.8. The van der Waals surface area contributed by atoms with Crippen molar-refractivity contribution in [1.29, 1.82) is 0 Å². The number of carbonyl (C=O) groups is 4. The van der Waals surface area contributed by atoms with E-state index in [9.17, 15) is 44.7 Å². The summed E-state index contributed by atoms with van der Waals surface area (Å²) in [7, 11) is 0. The first kappa shape index (κ1) is 38.7. The van der Waals surface area contributed by atoms with Crippen LogP contribution in [-0.2, 0) is 38.1 Å².